The highest BCUT2D eigenvalue weighted by Crippen LogP contribution is 2.28. The van der Waals surface area contributed by atoms with Crippen molar-refractivity contribution in [3.05, 3.63) is 29.3 Å². The van der Waals surface area contributed by atoms with Gasteiger partial charge >= 0.3 is 0 Å². The van der Waals surface area contributed by atoms with E-state index in [9.17, 15) is 4.79 Å². The van der Waals surface area contributed by atoms with E-state index < -0.39 is 0 Å². The number of nitrogens with zero attached hydrogens (tertiary/aromatic N) is 2. The average Bonchev–Trinajstić information content (AvgIpc) is 2.98. The number of piperazine rings is 1. The largest absolute Gasteiger partial charge is 0.383 e. The van der Waals surface area contributed by atoms with E-state index in [4.69, 9.17) is 5.73 Å². The van der Waals surface area contributed by atoms with Crippen LogP contribution in [0.5, 0.6) is 0 Å². The van der Waals surface area contributed by atoms with Crippen molar-refractivity contribution in [3.8, 4) is 0 Å². The maximum atomic E-state index is 12.1. The molecular formula is C14H16N4OS. The lowest BCUT2D eigenvalue weighted by Crippen LogP contribution is -2.45. The minimum atomic E-state index is 0.0491. The molecule has 0 aliphatic carbocycles. The molecule has 1 saturated heterocycles. The Morgan fingerprint density at radius 3 is 3.05 bits per heavy atom. The molecule has 0 spiro atoms. The summed E-state index contributed by atoms with van der Waals surface area (Å²) in [5.74, 6) is 0.583. The second kappa shape index (κ2) is 5.60. The topological polar surface area (TPSA) is 71.2 Å². The number of pyridine rings is 1. The van der Waals surface area contributed by atoms with Crippen LogP contribution in [-0.4, -0.2) is 42.0 Å². The first-order valence-corrected chi connectivity index (χ1v) is 7.43. The molecule has 0 radical (unpaired) electrons. The minimum absolute atomic E-state index is 0.0491. The zero-order valence-corrected chi connectivity index (χ0v) is 11.8. The van der Waals surface area contributed by atoms with E-state index >= 15 is 0 Å². The Bertz CT molecular complexity index is 658. The number of aromatic nitrogens is 1. The SMILES string of the molecule is Nc1ncc(/C=C/C(=O)N2CCNCC2)c2sccc12. The number of rotatable bonds is 2. The normalized spacial score (nSPS) is 16.1. The number of carbonyl (C=O) groups is 1. The molecule has 1 aliphatic heterocycles. The van der Waals surface area contributed by atoms with Gasteiger partial charge < -0.3 is 16.0 Å². The Hall–Kier alpha value is -1.92. The van der Waals surface area contributed by atoms with Gasteiger partial charge in [0, 0.05) is 54.1 Å². The first-order valence-electron chi connectivity index (χ1n) is 6.55. The van der Waals surface area contributed by atoms with Crippen LogP contribution in [0.15, 0.2) is 23.7 Å². The molecule has 0 saturated carbocycles. The highest BCUT2D eigenvalue weighted by atomic mass is 32.1. The first kappa shape index (κ1) is 13.1. The molecule has 2 aromatic rings. The number of nitrogens with one attached hydrogen (secondary N) is 1. The van der Waals surface area contributed by atoms with Crippen molar-refractivity contribution in [1.82, 2.24) is 15.2 Å². The second-order valence-corrected chi connectivity index (χ2v) is 5.59. The van der Waals surface area contributed by atoms with Crippen LogP contribution in [0.25, 0.3) is 16.2 Å². The number of nitrogens with two attached hydrogens (primary N) is 1. The van der Waals surface area contributed by atoms with Gasteiger partial charge in [-0.15, -0.1) is 11.3 Å². The monoisotopic (exact) mass is 288 g/mol. The van der Waals surface area contributed by atoms with Gasteiger partial charge in [0.05, 0.1) is 0 Å². The fourth-order valence-corrected chi connectivity index (χ4v) is 3.17. The van der Waals surface area contributed by atoms with E-state index in [0.717, 1.165) is 41.8 Å². The van der Waals surface area contributed by atoms with Crippen LogP contribution in [0.1, 0.15) is 5.56 Å². The van der Waals surface area contributed by atoms with Gasteiger partial charge in [-0.1, -0.05) is 0 Å². The van der Waals surface area contributed by atoms with E-state index in [1.807, 2.05) is 22.4 Å². The van der Waals surface area contributed by atoms with Crippen molar-refractivity contribution in [1.29, 1.82) is 0 Å². The van der Waals surface area contributed by atoms with E-state index in [0.29, 0.717) is 5.82 Å². The second-order valence-electron chi connectivity index (χ2n) is 4.67. The van der Waals surface area contributed by atoms with Crippen LogP contribution in [0, 0.1) is 0 Å². The molecule has 1 amide bonds. The van der Waals surface area contributed by atoms with Crippen molar-refractivity contribution in [2.24, 2.45) is 0 Å². The third-order valence-corrected chi connectivity index (χ3v) is 4.34. The number of nitrogen functional groups attached to an aromatic ring is 1. The number of amides is 1. The summed E-state index contributed by atoms with van der Waals surface area (Å²) in [6.45, 7) is 3.24. The molecule has 20 heavy (non-hydrogen) atoms. The molecule has 3 rings (SSSR count). The summed E-state index contributed by atoms with van der Waals surface area (Å²) in [4.78, 5) is 18.1. The lowest BCUT2D eigenvalue weighted by atomic mass is 10.2. The Morgan fingerprint density at radius 2 is 2.25 bits per heavy atom. The third-order valence-electron chi connectivity index (χ3n) is 3.38. The van der Waals surface area contributed by atoms with E-state index in [-0.39, 0.29) is 5.91 Å². The lowest BCUT2D eigenvalue weighted by Gasteiger charge is -2.26. The highest BCUT2D eigenvalue weighted by Gasteiger charge is 2.13. The van der Waals surface area contributed by atoms with E-state index in [2.05, 4.69) is 10.3 Å². The smallest absolute Gasteiger partial charge is 0.246 e. The summed E-state index contributed by atoms with van der Waals surface area (Å²) < 4.78 is 1.07. The number of thiophene rings is 1. The summed E-state index contributed by atoms with van der Waals surface area (Å²) in [5.41, 5.74) is 6.77. The molecule has 5 nitrogen and oxygen atoms in total. The molecule has 0 unspecified atom stereocenters. The average molecular weight is 288 g/mol. The van der Waals surface area contributed by atoms with Crippen molar-refractivity contribution >= 4 is 39.2 Å². The summed E-state index contributed by atoms with van der Waals surface area (Å²) >= 11 is 1.61. The molecule has 3 heterocycles. The fraction of sp³-hybridized carbons (Fsp3) is 0.286. The molecule has 1 fully saturated rings. The van der Waals surface area contributed by atoms with Gasteiger partial charge in [-0.05, 0) is 17.5 Å². The standard InChI is InChI=1S/C14H16N4OS/c15-14-11-3-8-20-13(11)10(9-17-14)1-2-12(19)18-6-4-16-5-7-18/h1-3,8-9,16H,4-7H2,(H2,15,17)/b2-1+. The van der Waals surface area contributed by atoms with Gasteiger partial charge in [0.1, 0.15) is 5.82 Å². The number of hydrogen-bond acceptors (Lipinski definition) is 5. The summed E-state index contributed by atoms with van der Waals surface area (Å²) in [6.07, 6.45) is 5.17. The summed E-state index contributed by atoms with van der Waals surface area (Å²) in [7, 11) is 0. The van der Waals surface area contributed by atoms with Gasteiger partial charge in [0.25, 0.3) is 0 Å². The van der Waals surface area contributed by atoms with Crippen molar-refractivity contribution in [3.63, 3.8) is 0 Å². The Kier molecular flexibility index (Phi) is 3.66. The highest BCUT2D eigenvalue weighted by molar-refractivity contribution is 7.17. The molecule has 0 aromatic carbocycles. The Labute approximate surface area is 121 Å². The molecule has 0 bridgehead atoms. The molecule has 1 aliphatic rings. The number of fused-ring (bicyclic) bond motifs is 1. The predicted octanol–water partition coefficient (Wildman–Crippen LogP) is 1.32. The number of hydrogen-bond donors (Lipinski definition) is 2. The molecule has 6 heteroatoms. The van der Waals surface area contributed by atoms with E-state index in [1.165, 1.54) is 0 Å². The molecule has 104 valence electrons. The summed E-state index contributed by atoms with van der Waals surface area (Å²) in [6, 6.07) is 1.96. The maximum absolute atomic E-state index is 12.1. The Morgan fingerprint density at radius 1 is 1.45 bits per heavy atom. The van der Waals surface area contributed by atoms with Crippen molar-refractivity contribution in [2.45, 2.75) is 0 Å². The number of carbonyl (C=O) groups excluding carboxylic acids is 1. The van der Waals surface area contributed by atoms with Crippen LogP contribution in [0.3, 0.4) is 0 Å². The zero-order valence-electron chi connectivity index (χ0n) is 11.0. The van der Waals surface area contributed by atoms with E-state index in [1.54, 1.807) is 23.6 Å². The lowest BCUT2D eigenvalue weighted by molar-refractivity contribution is -0.126. The number of anilines is 1. The third kappa shape index (κ3) is 2.52. The van der Waals surface area contributed by atoms with Crippen LogP contribution in [0.2, 0.25) is 0 Å². The molecular weight excluding hydrogens is 272 g/mol. The van der Waals surface area contributed by atoms with Crippen LogP contribution in [-0.2, 0) is 4.79 Å². The zero-order chi connectivity index (χ0) is 13.9. The predicted molar refractivity (Wildman–Crippen MR) is 82.5 cm³/mol. The van der Waals surface area contributed by atoms with Gasteiger partial charge in [-0.25, -0.2) is 4.98 Å². The van der Waals surface area contributed by atoms with Crippen LogP contribution in [0.4, 0.5) is 5.82 Å². The van der Waals surface area contributed by atoms with Gasteiger partial charge in [-0.3, -0.25) is 4.79 Å². The van der Waals surface area contributed by atoms with Gasteiger partial charge in [0.2, 0.25) is 5.91 Å². The van der Waals surface area contributed by atoms with Crippen LogP contribution < -0.4 is 11.1 Å². The summed E-state index contributed by atoms with van der Waals surface area (Å²) in [5, 5.41) is 6.17. The van der Waals surface area contributed by atoms with Crippen molar-refractivity contribution < 1.29 is 4.79 Å². The maximum Gasteiger partial charge on any atom is 0.246 e. The molecule has 2 aromatic heterocycles. The van der Waals surface area contributed by atoms with Crippen molar-refractivity contribution in [2.75, 3.05) is 31.9 Å². The minimum Gasteiger partial charge on any atom is -0.383 e. The quantitative estimate of drug-likeness (QED) is 0.818. The molecule has 3 N–H and O–H groups in total. The van der Waals surface area contributed by atoms with Crippen LogP contribution >= 0.6 is 11.3 Å². The van der Waals surface area contributed by atoms with Gasteiger partial charge in [-0.2, -0.15) is 0 Å². The van der Waals surface area contributed by atoms with Gasteiger partial charge in [0.15, 0.2) is 0 Å². The molecule has 0 atom stereocenters. The Balaban J connectivity index is 1.82. The fourth-order valence-electron chi connectivity index (χ4n) is 2.27. The first-order chi connectivity index (χ1) is 9.75.